The van der Waals surface area contributed by atoms with Crippen LogP contribution in [0.4, 0.5) is 0 Å². The summed E-state index contributed by atoms with van der Waals surface area (Å²) in [6.07, 6.45) is 7.88. The van der Waals surface area contributed by atoms with Crippen molar-refractivity contribution in [3.8, 4) is 0 Å². The van der Waals surface area contributed by atoms with Crippen LogP contribution in [-0.4, -0.2) is 19.6 Å². The Hall–Kier alpha value is -0.380. The van der Waals surface area contributed by atoms with E-state index in [1.807, 2.05) is 0 Å². The SMILES string of the molecule is CCCn1ncnc1CC1CCCC1Br. The molecule has 1 aliphatic rings. The summed E-state index contributed by atoms with van der Waals surface area (Å²) < 4.78 is 2.05. The lowest BCUT2D eigenvalue weighted by Gasteiger charge is -2.13. The van der Waals surface area contributed by atoms with Gasteiger partial charge in [0, 0.05) is 17.8 Å². The summed E-state index contributed by atoms with van der Waals surface area (Å²) in [4.78, 5) is 5.05. The molecule has 1 saturated carbocycles. The van der Waals surface area contributed by atoms with E-state index < -0.39 is 0 Å². The van der Waals surface area contributed by atoms with Gasteiger partial charge < -0.3 is 0 Å². The van der Waals surface area contributed by atoms with Crippen molar-refractivity contribution < 1.29 is 0 Å². The minimum absolute atomic E-state index is 0.685. The van der Waals surface area contributed by atoms with E-state index >= 15 is 0 Å². The normalized spacial score (nSPS) is 26.0. The van der Waals surface area contributed by atoms with Gasteiger partial charge in [0.15, 0.2) is 0 Å². The average Bonchev–Trinajstić information content (AvgIpc) is 2.80. The molecule has 3 nitrogen and oxygen atoms in total. The third-order valence-corrected chi connectivity index (χ3v) is 4.35. The summed E-state index contributed by atoms with van der Waals surface area (Å²) in [5.41, 5.74) is 0. The molecule has 0 amide bonds. The summed E-state index contributed by atoms with van der Waals surface area (Å²) in [5.74, 6) is 1.91. The molecule has 1 heterocycles. The first kappa shape index (κ1) is 11.1. The fourth-order valence-electron chi connectivity index (χ4n) is 2.30. The van der Waals surface area contributed by atoms with Crippen LogP contribution in [0.25, 0.3) is 0 Å². The Bertz CT molecular complexity index is 311. The van der Waals surface area contributed by atoms with Crippen LogP contribution in [0.5, 0.6) is 0 Å². The van der Waals surface area contributed by atoms with E-state index in [2.05, 4.69) is 37.6 Å². The van der Waals surface area contributed by atoms with Gasteiger partial charge in [-0.2, -0.15) is 5.10 Å². The molecule has 0 aliphatic heterocycles. The fourth-order valence-corrected chi connectivity index (χ4v) is 3.08. The monoisotopic (exact) mass is 271 g/mol. The molecule has 1 aromatic rings. The minimum atomic E-state index is 0.685. The van der Waals surface area contributed by atoms with Crippen molar-refractivity contribution in [1.29, 1.82) is 0 Å². The zero-order valence-corrected chi connectivity index (χ0v) is 10.8. The molecular formula is C11H18BrN3. The van der Waals surface area contributed by atoms with Gasteiger partial charge in [0.1, 0.15) is 12.2 Å². The zero-order chi connectivity index (χ0) is 10.7. The van der Waals surface area contributed by atoms with Crippen molar-refractivity contribution in [1.82, 2.24) is 14.8 Å². The third kappa shape index (κ3) is 2.60. The van der Waals surface area contributed by atoms with Gasteiger partial charge in [0.25, 0.3) is 0 Å². The average molecular weight is 272 g/mol. The minimum Gasteiger partial charge on any atom is -0.250 e. The van der Waals surface area contributed by atoms with Crippen molar-refractivity contribution in [3.63, 3.8) is 0 Å². The third-order valence-electron chi connectivity index (χ3n) is 3.14. The van der Waals surface area contributed by atoms with Crippen molar-refractivity contribution >= 4 is 15.9 Å². The van der Waals surface area contributed by atoms with Gasteiger partial charge >= 0.3 is 0 Å². The van der Waals surface area contributed by atoms with Crippen LogP contribution in [0.15, 0.2) is 6.33 Å². The van der Waals surface area contributed by atoms with Gasteiger partial charge in [-0.05, 0) is 25.2 Å². The Morgan fingerprint density at radius 1 is 1.53 bits per heavy atom. The second-order valence-corrected chi connectivity index (χ2v) is 5.49. The van der Waals surface area contributed by atoms with Gasteiger partial charge in [-0.3, -0.25) is 4.68 Å². The molecule has 2 rings (SSSR count). The molecule has 0 bridgehead atoms. The predicted octanol–water partition coefficient (Wildman–Crippen LogP) is 2.79. The molecule has 15 heavy (non-hydrogen) atoms. The summed E-state index contributed by atoms with van der Waals surface area (Å²) >= 11 is 3.76. The second-order valence-electron chi connectivity index (χ2n) is 4.31. The molecule has 0 aromatic carbocycles. The van der Waals surface area contributed by atoms with E-state index in [0.717, 1.165) is 31.1 Å². The Morgan fingerprint density at radius 2 is 2.40 bits per heavy atom. The Morgan fingerprint density at radius 3 is 3.07 bits per heavy atom. The Kier molecular flexibility index (Phi) is 3.78. The fraction of sp³-hybridized carbons (Fsp3) is 0.818. The van der Waals surface area contributed by atoms with E-state index in [9.17, 15) is 0 Å². The largest absolute Gasteiger partial charge is 0.250 e. The molecule has 2 atom stereocenters. The molecule has 2 unspecified atom stereocenters. The number of aryl methyl sites for hydroxylation is 1. The van der Waals surface area contributed by atoms with Crippen LogP contribution in [0.1, 0.15) is 38.4 Å². The van der Waals surface area contributed by atoms with Crippen molar-refractivity contribution in [2.45, 2.75) is 50.4 Å². The van der Waals surface area contributed by atoms with E-state index in [4.69, 9.17) is 0 Å². The second kappa shape index (κ2) is 5.10. The maximum Gasteiger partial charge on any atom is 0.138 e. The van der Waals surface area contributed by atoms with Crippen molar-refractivity contribution in [2.24, 2.45) is 5.92 Å². The van der Waals surface area contributed by atoms with Gasteiger partial charge in [0.05, 0.1) is 0 Å². The quantitative estimate of drug-likeness (QED) is 0.789. The van der Waals surface area contributed by atoms with E-state index in [1.165, 1.54) is 19.3 Å². The van der Waals surface area contributed by atoms with Crippen LogP contribution in [0.3, 0.4) is 0 Å². The summed E-state index contributed by atoms with van der Waals surface area (Å²) in [7, 11) is 0. The predicted molar refractivity (Wildman–Crippen MR) is 64.1 cm³/mol. The summed E-state index contributed by atoms with van der Waals surface area (Å²) in [6, 6.07) is 0. The molecule has 4 heteroatoms. The van der Waals surface area contributed by atoms with Crippen molar-refractivity contribution in [3.05, 3.63) is 12.2 Å². The number of hydrogen-bond donors (Lipinski definition) is 0. The molecular weight excluding hydrogens is 254 g/mol. The highest BCUT2D eigenvalue weighted by Crippen LogP contribution is 2.33. The lowest BCUT2D eigenvalue weighted by molar-refractivity contribution is 0.498. The standard InChI is InChI=1S/C11H18BrN3/c1-2-6-15-11(13-8-14-15)7-9-4-3-5-10(9)12/h8-10H,2-7H2,1H3. The Labute approximate surface area is 99.4 Å². The first-order valence-corrected chi connectivity index (χ1v) is 6.73. The molecule has 0 N–H and O–H groups in total. The van der Waals surface area contributed by atoms with E-state index in [0.29, 0.717) is 4.83 Å². The van der Waals surface area contributed by atoms with Gasteiger partial charge in [-0.15, -0.1) is 0 Å². The zero-order valence-electron chi connectivity index (χ0n) is 9.19. The molecule has 0 saturated heterocycles. The van der Waals surface area contributed by atoms with Crippen molar-refractivity contribution in [2.75, 3.05) is 0 Å². The van der Waals surface area contributed by atoms with Crippen LogP contribution < -0.4 is 0 Å². The number of hydrogen-bond acceptors (Lipinski definition) is 2. The molecule has 1 aliphatic carbocycles. The van der Waals surface area contributed by atoms with Gasteiger partial charge in [-0.1, -0.05) is 29.3 Å². The number of halogens is 1. The van der Waals surface area contributed by atoms with E-state index in [-0.39, 0.29) is 0 Å². The first-order chi connectivity index (χ1) is 7.31. The lowest BCUT2D eigenvalue weighted by Crippen LogP contribution is -2.14. The van der Waals surface area contributed by atoms with Crippen LogP contribution in [-0.2, 0) is 13.0 Å². The molecule has 1 fully saturated rings. The summed E-state index contributed by atoms with van der Waals surface area (Å²) in [5, 5.41) is 4.26. The summed E-state index contributed by atoms with van der Waals surface area (Å²) in [6.45, 7) is 3.17. The Balaban J connectivity index is 2.00. The highest BCUT2D eigenvalue weighted by Gasteiger charge is 2.26. The van der Waals surface area contributed by atoms with Crippen LogP contribution in [0.2, 0.25) is 0 Å². The number of rotatable bonds is 4. The molecule has 84 valence electrons. The van der Waals surface area contributed by atoms with E-state index in [1.54, 1.807) is 6.33 Å². The van der Waals surface area contributed by atoms with Gasteiger partial charge in [-0.25, -0.2) is 4.98 Å². The van der Waals surface area contributed by atoms with Crippen LogP contribution >= 0.6 is 15.9 Å². The van der Waals surface area contributed by atoms with Crippen LogP contribution in [0, 0.1) is 5.92 Å². The molecule has 1 aromatic heterocycles. The maximum atomic E-state index is 4.36. The maximum absolute atomic E-state index is 4.36. The lowest BCUT2D eigenvalue weighted by atomic mass is 10.0. The van der Waals surface area contributed by atoms with Gasteiger partial charge in [0.2, 0.25) is 0 Å². The smallest absolute Gasteiger partial charge is 0.138 e. The number of alkyl halides is 1. The highest BCUT2D eigenvalue weighted by atomic mass is 79.9. The topological polar surface area (TPSA) is 30.7 Å². The molecule has 0 radical (unpaired) electrons. The highest BCUT2D eigenvalue weighted by molar-refractivity contribution is 9.09. The number of aromatic nitrogens is 3. The number of nitrogens with zero attached hydrogens (tertiary/aromatic N) is 3. The molecule has 0 spiro atoms. The first-order valence-electron chi connectivity index (χ1n) is 5.82.